The van der Waals surface area contributed by atoms with Crippen LogP contribution in [-0.2, 0) is 0 Å². The Morgan fingerprint density at radius 1 is 0.889 bits per heavy atom. The van der Waals surface area contributed by atoms with Crippen molar-refractivity contribution in [2.75, 3.05) is 0 Å². The van der Waals surface area contributed by atoms with Gasteiger partial charge in [-0.15, -0.1) is 0 Å². The zero-order chi connectivity index (χ0) is 12.5. The number of halogens is 1. The van der Waals surface area contributed by atoms with Gasteiger partial charge in [-0.3, -0.25) is 4.98 Å². The molecule has 0 spiro atoms. The number of hydrogen-bond donors (Lipinski definition) is 1. The number of phenols is 1. The van der Waals surface area contributed by atoms with Crippen molar-refractivity contribution >= 4 is 22.6 Å². The second kappa shape index (κ2) is 4.27. The van der Waals surface area contributed by atoms with E-state index in [-0.39, 0.29) is 5.75 Å². The highest BCUT2D eigenvalue weighted by atomic mass is 35.5. The highest BCUT2D eigenvalue weighted by Gasteiger charge is 2.02. The van der Waals surface area contributed by atoms with E-state index < -0.39 is 0 Å². The van der Waals surface area contributed by atoms with E-state index in [0.717, 1.165) is 22.2 Å². The molecule has 18 heavy (non-hydrogen) atoms. The zero-order valence-electron chi connectivity index (χ0n) is 9.34. The van der Waals surface area contributed by atoms with E-state index in [1.807, 2.05) is 30.3 Å². The average Bonchev–Trinajstić information content (AvgIpc) is 2.38. The lowest BCUT2D eigenvalue weighted by atomic mass is 10.0. The summed E-state index contributed by atoms with van der Waals surface area (Å²) in [5, 5.41) is 9.65. The van der Waals surface area contributed by atoms with E-state index in [4.69, 9.17) is 11.6 Å². The molecule has 0 aliphatic heterocycles. The minimum Gasteiger partial charge on any atom is -0.508 e. The molecule has 0 saturated heterocycles. The molecule has 0 saturated carbocycles. The lowest BCUT2D eigenvalue weighted by molar-refractivity contribution is 0.475. The number of hydrogen-bond acceptors (Lipinski definition) is 3. The van der Waals surface area contributed by atoms with Crippen LogP contribution in [0.2, 0.25) is 5.15 Å². The van der Waals surface area contributed by atoms with E-state index in [1.165, 1.54) is 6.20 Å². The zero-order valence-corrected chi connectivity index (χ0v) is 10.1. The summed E-state index contributed by atoms with van der Waals surface area (Å²) in [6.07, 6.45) is 1.53. The summed E-state index contributed by atoms with van der Waals surface area (Å²) in [5.41, 5.74) is 3.59. The number of nitrogens with zero attached hydrogens (tertiary/aromatic N) is 2. The van der Waals surface area contributed by atoms with Crippen LogP contribution in [0.15, 0.2) is 48.7 Å². The van der Waals surface area contributed by atoms with Crippen molar-refractivity contribution in [3.05, 3.63) is 53.8 Å². The van der Waals surface area contributed by atoms with Crippen LogP contribution < -0.4 is 0 Å². The predicted molar refractivity (Wildman–Crippen MR) is 71.6 cm³/mol. The highest BCUT2D eigenvalue weighted by Crippen LogP contribution is 2.24. The molecule has 4 heteroatoms. The number of fused-ring (bicyclic) bond motifs is 1. The van der Waals surface area contributed by atoms with Crippen LogP contribution in [0.3, 0.4) is 0 Å². The molecule has 88 valence electrons. The minimum atomic E-state index is 0.252. The van der Waals surface area contributed by atoms with Crippen LogP contribution in [0.4, 0.5) is 0 Å². The molecular weight excluding hydrogens is 248 g/mol. The summed E-state index contributed by atoms with van der Waals surface area (Å²) in [4.78, 5) is 8.43. The molecule has 0 aliphatic carbocycles. The van der Waals surface area contributed by atoms with Gasteiger partial charge in [0, 0.05) is 0 Å². The number of benzene rings is 2. The summed E-state index contributed by atoms with van der Waals surface area (Å²) >= 11 is 5.83. The summed E-state index contributed by atoms with van der Waals surface area (Å²) in [6.45, 7) is 0. The molecular formula is C14H9ClN2O. The van der Waals surface area contributed by atoms with Crippen LogP contribution in [0, 0.1) is 0 Å². The molecule has 3 rings (SSSR count). The second-order valence-electron chi connectivity index (χ2n) is 3.94. The van der Waals surface area contributed by atoms with E-state index in [9.17, 15) is 5.11 Å². The van der Waals surface area contributed by atoms with Crippen molar-refractivity contribution in [1.82, 2.24) is 9.97 Å². The Morgan fingerprint density at radius 2 is 1.61 bits per heavy atom. The third kappa shape index (κ3) is 2.00. The van der Waals surface area contributed by atoms with Crippen molar-refractivity contribution in [2.24, 2.45) is 0 Å². The Kier molecular flexibility index (Phi) is 2.61. The van der Waals surface area contributed by atoms with Crippen LogP contribution in [0.5, 0.6) is 5.75 Å². The fourth-order valence-corrected chi connectivity index (χ4v) is 1.96. The van der Waals surface area contributed by atoms with Crippen molar-refractivity contribution in [3.8, 4) is 16.9 Å². The lowest BCUT2D eigenvalue weighted by Crippen LogP contribution is -1.85. The van der Waals surface area contributed by atoms with Gasteiger partial charge in [-0.1, -0.05) is 29.8 Å². The maximum absolute atomic E-state index is 9.27. The van der Waals surface area contributed by atoms with Crippen LogP contribution in [0.25, 0.3) is 22.2 Å². The molecule has 0 atom stereocenters. The van der Waals surface area contributed by atoms with Gasteiger partial charge in [0.25, 0.3) is 0 Å². The van der Waals surface area contributed by atoms with Gasteiger partial charge < -0.3 is 5.11 Å². The molecule has 1 heterocycles. The van der Waals surface area contributed by atoms with Crippen molar-refractivity contribution in [2.45, 2.75) is 0 Å². The van der Waals surface area contributed by atoms with E-state index in [1.54, 1.807) is 12.1 Å². The van der Waals surface area contributed by atoms with Gasteiger partial charge in [0.1, 0.15) is 10.9 Å². The standard InChI is InChI=1S/C14H9ClN2O/c15-14-8-16-12-6-3-10(7-13(12)17-14)9-1-4-11(18)5-2-9/h1-8,18H. The molecule has 0 amide bonds. The fraction of sp³-hybridized carbons (Fsp3) is 0. The Balaban J connectivity index is 2.15. The third-order valence-electron chi connectivity index (χ3n) is 2.71. The molecule has 3 nitrogen and oxygen atoms in total. The van der Waals surface area contributed by atoms with Crippen LogP contribution in [-0.4, -0.2) is 15.1 Å². The van der Waals surface area contributed by atoms with Gasteiger partial charge in [0.15, 0.2) is 0 Å². The van der Waals surface area contributed by atoms with Gasteiger partial charge in [-0.2, -0.15) is 0 Å². The smallest absolute Gasteiger partial charge is 0.148 e. The van der Waals surface area contributed by atoms with Gasteiger partial charge in [0.2, 0.25) is 0 Å². The first-order valence-electron chi connectivity index (χ1n) is 5.44. The molecule has 0 fully saturated rings. The molecule has 2 aromatic carbocycles. The Morgan fingerprint density at radius 3 is 2.39 bits per heavy atom. The molecule has 0 bridgehead atoms. The van der Waals surface area contributed by atoms with Crippen molar-refractivity contribution < 1.29 is 5.11 Å². The molecule has 0 radical (unpaired) electrons. The minimum absolute atomic E-state index is 0.252. The first-order valence-corrected chi connectivity index (χ1v) is 5.82. The van der Waals surface area contributed by atoms with Gasteiger partial charge in [-0.05, 0) is 35.4 Å². The maximum Gasteiger partial charge on any atom is 0.148 e. The fourth-order valence-electron chi connectivity index (χ4n) is 1.82. The second-order valence-corrected chi connectivity index (χ2v) is 4.33. The van der Waals surface area contributed by atoms with Crippen molar-refractivity contribution in [1.29, 1.82) is 0 Å². The number of aromatic nitrogens is 2. The topological polar surface area (TPSA) is 46.0 Å². The number of rotatable bonds is 1. The maximum atomic E-state index is 9.27. The monoisotopic (exact) mass is 256 g/mol. The first-order chi connectivity index (χ1) is 8.72. The SMILES string of the molecule is Oc1ccc(-c2ccc3ncc(Cl)nc3c2)cc1. The molecule has 0 aliphatic rings. The Bertz CT molecular complexity index is 711. The molecule has 0 unspecified atom stereocenters. The largest absolute Gasteiger partial charge is 0.508 e. The van der Waals surface area contributed by atoms with Crippen LogP contribution in [0.1, 0.15) is 0 Å². The highest BCUT2D eigenvalue weighted by molar-refractivity contribution is 6.29. The lowest BCUT2D eigenvalue weighted by Gasteiger charge is -2.03. The number of aromatic hydroxyl groups is 1. The summed E-state index contributed by atoms with van der Waals surface area (Å²) in [6, 6.07) is 12.8. The van der Waals surface area contributed by atoms with Gasteiger partial charge in [-0.25, -0.2) is 4.98 Å². The summed E-state index contributed by atoms with van der Waals surface area (Å²) in [5.74, 6) is 0.252. The Labute approximate surface area is 109 Å². The predicted octanol–water partition coefficient (Wildman–Crippen LogP) is 3.66. The van der Waals surface area contributed by atoms with Gasteiger partial charge in [0.05, 0.1) is 17.2 Å². The average molecular weight is 257 g/mol. The Hall–Kier alpha value is -2.13. The van der Waals surface area contributed by atoms with E-state index >= 15 is 0 Å². The van der Waals surface area contributed by atoms with E-state index in [2.05, 4.69) is 9.97 Å². The number of phenolic OH excluding ortho intramolecular Hbond substituents is 1. The normalized spacial score (nSPS) is 10.7. The summed E-state index contributed by atoms with van der Waals surface area (Å²) < 4.78 is 0. The quantitative estimate of drug-likeness (QED) is 0.723. The van der Waals surface area contributed by atoms with Crippen molar-refractivity contribution in [3.63, 3.8) is 0 Å². The van der Waals surface area contributed by atoms with Gasteiger partial charge >= 0.3 is 0 Å². The molecule has 1 N–H and O–H groups in total. The molecule has 3 aromatic rings. The van der Waals surface area contributed by atoms with E-state index in [0.29, 0.717) is 5.15 Å². The first kappa shape index (κ1) is 11.0. The summed E-state index contributed by atoms with van der Waals surface area (Å²) in [7, 11) is 0. The molecule has 1 aromatic heterocycles. The van der Waals surface area contributed by atoms with Crippen LogP contribution >= 0.6 is 11.6 Å². The third-order valence-corrected chi connectivity index (χ3v) is 2.90.